The van der Waals surface area contributed by atoms with Gasteiger partial charge in [0.25, 0.3) is 0 Å². The Morgan fingerprint density at radius 2 is 1.83 bits per heavy atom. The summed E-state index contributed by atoms with van der Waals surface area (Å²) in [4.78, 5) is 54.2. The first-order chi connectivity index (χ1) is 14.1. The lowest BCUT2D eigenvalue weighted by Gasteiger charge is -2.46. The van der Waals surface area contributed by atoms with Crippen LogP contribution >= 0.6 is 11.8 Å². The van der Waals surface area contributed by atoms with E-state index in [2.05, 4.69) is 5.32 Å². The van der Waals surface area contributed by atoms with Crippen LogP contribution in [-0.2, 0) is 19.2 Å². The van der Waals surface area contributed by atoms with Gasteiger partial charge in [-0.1, -0.05) is 13.8 Å². The molecule has 0 aromatic rings. The summed E-state index contributed by atoms with van der Waals surface area (Å²) in [6.07, 6.45) is 5.66. The predicted molar refractivity (Wildman–Crippen MR) is 118 cm³/mol. The number of rotatable bonds is 9. The minimum Gasteiger partial charge on any atom is -0.368 e. The van der Waals surface area contributed by atoms with Crippen molar-refractivity contribution in [2.24, 2.45) is 11.7 Å². The van der Waals surface area contributed by atoms with E-state index in [4.69, 9.17) is 5.73 Å². The maximum atomic E-state index is 13.6. The highest BCUT2D eigenvalue weighted by molar-refractivity contribution is 7.98. The van der Waals surface area contributed by atoms with Gasteiger partial charge in [0.1, 0.15) is 17.6 Å². The summed E-state index contributed by atoms with van der Waals surface area (Å²) in [7, 11) is 0. The molecular formula is C21H36N4O4S. The average Bonchev–Trinajstić information content (AvgIpc) is 3.10. The molecule has 170 valence electrons. The van der Waals surface area contributed by atoms with Gasteiger partial charge in [0.2, 0.25) is 23.6 Å². The molecule has 2 saturated heterocycles. The molecule has 2 fully saturated rings. The van der Waals surface area contributed by atoms with Crippen LogP contribution < -0.4 is 11.1 Å². The molecule has 0 radical (unpaired) electrons. The molecule has 3 atom stereocenters. The first-order valence-corrected chi connectivity index (χ1v) is 12.2. The van der Waals surface area contributed by atoms with Gasteiger partial charge in [0.15, 0.2) is 0 Å². The molecule has 0 aromatic heterocycles. The van der Waals surface area contributed by atoms with Crippen molar-refractivity contribution < 1.29 is 19.2 Å². The van der Waals surface area contributed by atoms with Crippen molar-refractivity contribution in [1.82, 2.24) is 15.1 Å². The van der Waals surface area contributed by atoms with Crippen molar-refractivity contribution in [2.75, 3.05) is 25.1 Å². The molecule has 2 heterocycles. The lowest BCUT2D eigenvalue weighted by atomic mass is 9.83. The molecule has 1 spiro atoms. The molecule has 0 bridgehead atoms. The highest BCUT2D eigenvalue weighted by Crippen LogP contribution is 2.39. The fraction of sp³-hybridized carbons (Fsp3) is 0.810. The number of amides is 4. The molecule has 30 heavy (non-hydrogen) atoms. The number of likely N-dealkylation sites (tertiary alicyclic amines) is 2. The topological polar surface area (TPSA) is 113 Å². The van der Waals surface area contributed by atoms with Crippen molar-refractivity contribution in [1.29, 1.82) is 0 Å². The fourth-order valence-corrected chi connectivity index (χ4v) is 5.22. The van der Waals surface area contributed by atoms with E-state index in [0.717, 1.165) is 12.8 Å². The van der Waals surface area contributed by atoms with Crippen LogP contribution in [0.4, 0.5) is 0 Å². The van der Waals surface area contributed by atoms with Crippen molar-refractivity contribution in [3.63, 3.8) is 0 Å². The van der Waals surface area contributed by atoms with Gasteiger partial charge in [-0.3, -0.25) is 19.2 Å². The van der Waals surface area contributed by atoms with Crippen molar-refractivity contribution in [3.8, 4) is 0 Å². The highest BCUT2D eigenvalue weighted by atomic mass is 32.2. The van der Waals surface area contributed by atoms with Crippen LogP contribution in [0.2, 0.25) is 0 Å². The Balaban J connectivity index is 2.27. The van der Waals surface area contributed by atoms with E-state index < -0.39 is 23.5 Å². The number of hydrogen-bond acceptors (Lipinski definition) is 5. The highest BCUT2D eigenvalue weighted by Gasteiger charge is 2.53. The first kappa shape index (κ1) is 24.5. The van der Waals surface area contributed by atoms with Gasteiger partial charge in [-0.05, 0) is 56.5 Å². The van der Waals surface area contributed by atoms with Crippen LogP contribution in [-0.4, -0.2) is 76.1 Å². The zero-order valence-electron chi connectivity index (χ0n) is 18.6. The number of primary amides is 1. The molecule has 9 heteroatoms. The molecule has 4 amide bonds. The smallest absolute Gasteiger partial charge is 0.249 e. The van der Waals surface area contributed by atoms with E-state index in [9.17, 15) is 19.2 Å². The Hall–Kier alpha value is -1.77. The molecule has 2 aliphatic rings. The van der Waals surface area contributed by atoms with E-state index in [1.54, 1.807) is 21.6 Å². The Morgan fingerprint density at radius 1 is 1.20 bits per heavy atom. The molecule has 8 nitrogen and oxygen atoms in total. The van der Waals surface area contributed by atoms with E-state index >= 15 is 0 Å². The third-order valence-electron chi connectivity index (χ3n) is 6.16. The number of carbonyl (C=O) groups is 4. The largest absolute Gasteiger partial charge is 0.368 e. The molecular weight excluding hydrogens is 404 g/mol. The lowest BCUT2D eigenvalue weighted by molar-refractivity contribution is -0.159. The number of thioether (sulfide) groups is 1. The quantitative estimate of drug-likeness (QED) is 0.558. The minimum atomic E-state index is -0.832. The summed E-state index contributed by atoms with van der Waals surface area (Å²) in [5.74, 6) is -0.271. The second-order valence-corrected chi connectivity index (χ2v) is 9.78. The van der Waals surface area contributed by atoms with Crippen LogP contribution in [0.3, 0.4) is 0 Å². The third-order valence-corrected chi connectivity index (χ3v) is 6.81. The number of hydrogen-bond donors (Lipinski definition) is 2. The van der Waals surface area contributed by atoms with E-state index in [1.807, 2.05) is 20.1 Å². The maximum absolute atomic E-state index is 13.6. The third kappa shape index (κ3) is 5.28. The average molecular weight is 441 g/mol. The van der Waals surface area contributed by atoms with Crippen LogP contribution in [0, 0.1) is 5.92 Å². The summed E-state index contributed by atoms with van der Waals surface area (Å²) < 4.78 is 0. The van der Waals surface area contributed by atoms with E-state index in [0.29, 0.717) is 44.5 Å². The zero-order chi connectivity index (χ0) is 22.5. The summed E-state index contributed by atoms with van der Waals surface area (Å²) >= 11 is 1.58. The Labute approximate surface area is 183 Å². The zero-order valence-corrected chi connectivity index (χ0v) is 19.4. The standard InChI is InChI=1S/C21H36N4O4S/c1-14(2)13-17(19(28)23-16(18(22)27)7-12-30-4)24-10-5-8-21(20(24)29)9-6-11-25(21)15(3)26/h14,16-17H,5-13H2,1-4H3,(H2,22,27)(H,23,28)/t16-,17+,21-/m1/s1. The number of nitrogens with zero attached hydrogens (tertiary/aromatic N) is 2. The Bertz CT molecular complexity index is 671. The lowest BCUT2D eigenvalue weighted by Crippen LogP contribution is -2.65. The van der Waals surface area contributed by atoms with Crippen LogP contribution in [0.5, 0.6) is 0 Å². The molecule has 2 rings (SSSR count). The van der Waals surface area contributed by atoms with Gasteiger partial charge in [0, 0.05) is 20.0 Å². The molecule has 0 aromatic carbocycles. The van der Waals surface area contributed by atoms with Crippen LogP contribution in [0.1, 0.15) is 59.3 Å². The number of carbonyl (C=O) groups excluding carboxylic acids is 4. The van der Waals surface area contributed by atoms with Gasteiger partial charge in [-0.25, -0.2) is 0 Å². The summed E-state index contributed by atoms with van der Waals surface area (Å²) in [5, 5.41) is 2.79. The van der Waals surface area contributed by atoms with Crippen molar-refractivity contribution in [2.45, 2.75) is 76.9 Å². The van der Waals surface area contributed by atoms with Gasteiger partial charge in [-0.2, -0.15) is 11.8 Å². The monoisotopic (exact) mass is 440 g/mol. The van der Waals surface area contributed by atoms with Crippen LogP contribution in [0.25, 0.3) is 0 Å². The van der Waals surface area contributed by atoms with Gasteiger partial charge in [-0.15, -0.1) is 0 Å². The number of piperidine rings is 1. The summed E-state index contributed by atoms with van der Waals surface area (Å²) in [6.45, 7) is 6.56. The second-order valence-electron chi connectivity index (χ2n) is 8.80. The van der Waals surface area contributed by atoms with Crippen molar-refractivity contribution >= 4 is 35.4 Å². The van der Waals surface area contributed by atoms with Gasteiger partial charge >= 0.3 is 0 Å². The number of nitrogens with one attached hydrogen (secondary N) is 1. The normalized spacial score (nSPS) is 23.7. The first-order valence-electron chi connectivity index (χ1n) is 10.8. The summed E-state index contributed by atoms with van der Waals surface area (Å²) in [5.41, 5.74) is 4.66. The summed E-state index contributed by atoms with van der Waals surface area (Å²) in [6, 6.07) is -1.44. The fourth-order valence-electron chi connectivity index (χ4n) is 4.75. The SMILES string of the molecule is CSCC[C@@H](NC(=O)[C@H](CC(C)C)N1CCC[C@@]2(CCCN2C(C)=O)C1=O)C(N)=O. The van der Waals surface area contributed by atoms with E-state index in [1.165, 1.54) is 6.92 Å². The molecule has 0 saturated carbocycles. The second kappa shape index (κ2) is 10.5. The van der Waals surface area contributed by atoms with Gasteiger partial charge < -0.3 is 20.9 Å². The molecule has 3 N–H and O–H groups in total. The predicted octanol–water partition coefficient (Wildman–Crippen LogP) is 1.13. The van der Waals surface area contributed by atoms with Crippen molar-refractivity contribution in [3.05, 3.63) is 0 Å². The molecule has 2 aliphatic heterocycles. The number of nitrogens with two attached hydrogens (primary N) is 1. The van der Waals surface area contributed by atoms with E-state index in [-0.39, 0.29) is 23.6 Å². The van der Waals surface area contributed by atoms with Gasteiger partial charge in [0.05, 0.1) is 0 Å². The van der Waals surface area contributed by atoms with Crippen LogP contribution in [0.15, 0.2) is 0 Å². The maximum Gasteiger partial charge on any atom is 0.249 e. The Kier molecular flexibility index (Phi) is 8.58. The molecule has 0 aliphatic carbocycles. The Morgan fingerprint density at radius 3 is 2.37 bits per heavy atom. The minimum absolute atomic E-state index is 0.0987. The molecule has 0 unspecified atom stereocenters.